The Kier molecular flexibility index (Phi) is 6.11. The van der Waals surface area contributed by atoms with E-state index in [0.717, 1.165) is 11.1 Å². The zero-order valence-electron chi connectivity index (χ0n) is 15.6. The Bertz CT molecular complexity index is 952. The van der Waals surface area contributed by atoms with Crippen molar-refractivity contribution in [3.63, 3.8) is 0 Å². The first-order valence-electron chi connectivity index (χ1n) is 8.88. The van der Waals surface area contributed by atoms with E-state index in [1.54, 1.807) is 37.3 Å². The molecular formula is C20H21N3O5. The van der Waals surface area contributed by atoms with E-state index in [4.69, 9.17) is 14.0 Å². The number of rotatable bonds is 7. The second kappa shape index (κ2) is 8.90. The highest BCUT2D eigenvalue weighted by molar-refractivity contribution is 5.88. The van der Waals surface area contributed by atoms with Gasteiger partial charge in [-0.2, -0.15) is 0 Å². The minimum atomic E-state index is -0.800. The summed E-state index contributed by atoms with van der Waals surface area (Å²) in [5.41, 5.74) is 5.81. The molecule has 2 amide bonds. The molecule has 8 heteroatoms. The van der Waals surface area contributed by atoms with Crippen LogP contribution in [-0.4, -0.2) is 29.7 Å². The lowest BCUT2D eigenvalue weighted by Gasteiger charge is -2.15. The Morgan fingerprint density at radius 1 is 1.07 bits per heavy atom. The highest BCUT2D eigenvalue weighted by Crippen LogP contribution is 2.19. The van der Waals surface area contributed by atoms with Crippen molar-refractivity contribution < 1.29 is 23.6 Å². The molecule has 0 radical (unpaired) electrons. The summed E-state index contributed by atoms with van der Waals surface area (Å²) in [5, 5.41) is 4.65. The number of fused-ring (bicyclic) bond motifs is 1. The van der Waals surface area contributed by atoms with Crippen LogP contribution in [0, 0.1) is 0 Å². The predicted molar refractivity (Wildman–Crippen MR) is 102 cm³/mol. The van der Waals surface area contributed by atoms with Gasteiger partial charge in [0.25, 0.3) is 5.91 Å². The average molecular weight is 383 g/mol. The molecule has 2 aromatic carbocycles. The largest absolute Gasteiger partial charge is 0.494 e. The molecule has 28 heavy (non-hydrogen) atoms. The molecule has 0 fully saturated rings. The van der Waals surface area contributed by atoms with Gasteiger partial charge in [-0.15, -0.1) is 0 Å². The molecule has 1 heterocycles. The molecule has 0 saturated heterocycles. The lowest BCUT2D eigenvalue weighted by atomic mass is 10.2. The molecule has 146 valence electrons. The van der Waals surface area contributed by atoms with Crippen LogP contribution in [0.1, 0.15) is 19.5 Å². The molecular weight excluding hydrogens is 362 g/mol. The summed E-state index contributed by atoms with van der Waals surface area (Å²) < 4.78 is 16.1. The maximum absolute atomic E-state index is 12.1. The van der Waals surface area contributed by atoms with Crippen molar-refractivity contribution in [3.8, 4) is 11.5 Å². The van der Waals surface area contributed by atoms with E-state index < -0.39 is 17.9 Å². The summed E-state index contributed by atoms with van der Waals surface area (Å²) in [6.07, 6.45) is -0.822. The standard InChI is InChI=1S/C20H21N3O5/c1-3-26-14-8-10-15(11-9-14)27-13(2)20(25)22-21-19(24)12-17-16-6-4-5-7-18(16)28-23-17/h4-11,13H,3,12H2,1-2H3,(H,21,24)(H,22,25)/t13-/m1/s1. The van der Waals surface area contributed by atoms with Crippen LogP contribution in [0.15, 0.2) is 53.1 Å². The molecule has 3 aromatic rings. The quantitative estimate of drug-likeness (QED) is 0.607. The minimum absolute atomic E-state index is 0.0224. The van der Waals surface area contributed by atoms with Crippen LogP contribution < -0.4 is 20.3 Å². The number of hydrazine groups is 1. The molecule has 2 N–H and O–H groups in total. The lowest BCUT2D eigenvalue weighted by molar-refractivity contribution is -0.132. The van der Waals surface area contributed by atoms with Crippen molar-refractivity contribution in [1.29, 1.82) is 0 Å². The first-order chi connectivity index (χ1) is 13.6. The second-order valence-corrected chi connectivity index (χ2v) is 6.00. The number of carbonyl (C=O) groups excluding carboxylic acids is 2. The van der Waals surface area contributed by atoms with Gasteiger partial charge in [0.05, 0.1) is 13.0 Å². The van der Waals surface area contributed by atoms with Crippen LogP contribution in [0.4, 0.5) is 0 Å². The maximum Gasteiger partial charge on any atom is 0.279 e. The van der Waals surface area contributed by atoms with Gasteiger partial charge in [0.1, 0.15) is 17.2 Å². The Hall–Kier alpha value is -3.55. The average Bonchev–Trinajstić information content (AvgIpc) is 3.10. The van der Waals surface area contributed by atoms with Crippen molar-refractivity contribution in [3.05, 3.63) is 54.2 Å². The van der Waals surface area contributed by atoms with Crippen molar-refractivity contribution in [2.45, 2.75) is 26.4 Å². The predicted octanol–water partition coefficient (Wildman–Crippen LogP) is 2.38. The zero-order valence-corrected chi connectivity index (χ0v) is 15.6. The molecule has 1 aromatic heterocycles. The molecule has 0 spiro atoms. The first kappa shape index (κ1) is 19.2. The topological polar surface area (TPSA) is 103 Å². The molecule has 0 bridgehead atoms. The Morgan fingerprint density at radius 2 is 1.79 bits per heavy atom. The van der Waals surface area contributed by atoms with Crippen molar-refractivity contribution in [2.75, 3.05) is 6.61 Å². The van der Waals surface area contributed by atoms with Gasteiger partial charge >= 0.3 is 0 Å². The number of nitrogens with zero attached hydrogens (tertiary/aromatic N) is 1. The Morgan fingerprint density at radius 3 is 2.54 bits per heavy atom. The molecule has 0 saturated carbocycles. The SMILES string of the molecule is CCOc1ccc(O[C@H](C)C(=O)NNC(=O)Cc2noc3ccccc23)cc1. The van der Waals surface area contributed by atoms with E-state index in [1.165, 1.54) is 0 Å². The molecule has 0 aliphatic heterocycles. The smallest absolute Gasteiger partial charge is 0.279 e. The van der Waals surface area contributed by atoms with E-state index in [0.29, 0.717) is 23.6 Å². The van der Waals surface area contributed by atoms with E-state index in [9.17, 15) is 9.59 Å². The lowest BCUT2D eigenvalue weighted by Crippen LogP contribution is -2.47. The highest BCUT2D eigenvalue weighted by atomic mass is 16.5. The van der Waals surface area contributed by atoms with Gasteiger partial charge in [-0.1, -0.05) is 17.3 Å². The van der Waals surface area contributed by atoms with Crippen LogP contribution >= 0.6 is 0 Å². The fraction of sp³-hybridized carbons (Fsp3) is 0.250. The van der Waals surface area contributed by atoms with E-state index in [-0.39, 0.29) is 6.42 Å². The number of para-hydroxylation sites is 1. The molecule has 8 nitrogen and oxygen atoms in total. The zero-order chi connectivity index (χ0) is 19.9. The summed E-state index contributed by atoms with van der Waals surface area (Å²) >= 11 is 0. The van der Waals surface area contributed by atoms with Crippen molar-refractivity contribution in [2.24, 2.45) is 0 Å². The molecule has 1 atom stereocenters. The fourth-order valence-corrected chi connectivity index (χ4v) is 2.53. The third-order valence-corrected chi connectivity index (χ3v) is 3.92. The van der Waals surface area contributed by atoms with Gasteiger partial charge in [0, 0.05) is 5.39 Å². The molecule has 0 unspecified atom stereocenters. The van der Waals surface area contributed by atoms with Crippen molar-refractivity contribution >= 4 is 22.8 Å². The van der Waals surface area contributed by atoms with Gasteiger partial charge in [0.15, 0.2) is 11.7 Å². The summed E-state index contributed by atoms with van der Waals surface area (Å²) in [7, 11) is 0. The molecule has 3 rings (SSSR count). The van der Waals surface area contributed by atoms with Crippen LogP contribution in [0.5, 0.6) is 11.5 Å². The van der Waals surface area contributed by atoms with Crippen molar-refractivity contribution in [1.82, 2.24) is 16.0 Å². The first-order valence-corrected chi connectivity index (χ1v) is 8.88. The number of hydrogen-bond donors (Lipinski definition) is 2. The van der Waals surface area contributed by atoms with E-state index in [2.05, 4.69) is 16.0 Å². The van der Waals surface area contributed by atoms with Gasteiger partial charge < -0.3 is 14.0 Å². The Balaban J connectivity index is 1.48. The van der Waals surface area contributed by atoms with Gasteiger partial charge in [-0.3, -0.25) is 20.4 Å². The number of benzene rings is 2. The van der Waals surface area contributed by atoms with Crippen LogP contribution in [0.25, 0.3) is 11.0 Å². The summed E-state index contributed by atoms with van der Waals surface area (Å²) in [6.45, 7) is 4.06. The van der Waals surface area contributed by atoms with Gasteiger partial charge in [-0.05, 0) is 50.2 Å². The summed E-state index contributed by atoms with van der Waals surface area (Å²) in [6, 6.07) is 14.2. The molecule has 0 aliphatic carbocycles. The van der Waals surface area contributed by atoms with Gasteiger partial charge in [-0.25, -0.2) is 0 Å². The van der Waals surface area contributed by atoms with Crippen LogP contribution in [0.2, 0.25) is 0 Å². The number of hydrogen-bond acceptors (Lipinski definition) is 6. The number of amides is 2. The van der Waals surface area contributed by atoms with Crippen LogP contribution in [0.3, 0.4) is 0 Å². The maximum atomic E-state index is 12.1. The summed E-state index contributed by atoms with van der Waals surface area (Å²) in [5.74, 6) is 0.346. The number of carbonyl (C=O) groups is 2. The highest BCUT2D eigenvalue weighted by Gasteiger charge is 2.17. The number of aromatic nitrogens is 1. The number of ether oxygens (including phenoxy) is 2. The monoisotopic (exact) mass is 383 g/mol. The van der Waals surface area contributed by atoms with Gasteiger partial charge in [0.2, 0.25) is 5.91 Å². The second-order valence-electron chi connectivity index (χ2n) is 6.00. The number of nitrogens with one attached hydrogen (secondary N) is 2. The third-order valence-electron chi connectivity index (χ3n) is 3.92. The summed E-state index contributed by atoms with van der Waals surface area (Å²) in [4.78, 5) is 24.2. The third kappa shape index (κ3) is 4.79. The fourth-order valence-electron chi connectivity index (χ4n) is 2.53. The normalized spacial score (nSPS) is 11.6. The van der Waals surface area contributed by atoms with E-state index >= 15 is 0 Å². The van der Waals surface area contributed by atoms with E-state index in [1.807, 2.05) is 25.1 Å². The minimum Gasteiger partial charge on any atom is -0.494 e. The molecule has 0 aliphatic rings. The Labute approximate surface area is 161 Å². The van der Waals surface area contributed by atoms with Crippen LogP contribution in [-0.2, 0) is 16.0 Å².